The van der Waals surface area contributed by atoms with Crippen molar-refractivity contribution in [1.82, 2.24) is 4.90 Å². The van der Waals surface area contributed by atoms with Crippen LogP contribution in [0.1, 0.15) is 30.9 Å². The van der Waals surface area contributed by atoms with E-state index in [0.717, 1.165) is 0 Å². The molecule has 12 heteroatoms. The first-order chi connectivity index (χ1) is 16.7. The Morgan fingerprint density at radius 3 is 2.33 bits per heavy atom. The summed E-state index contributed by atoms with van der Waals surface area (Å²) in [7, 11) is 2.91. The van der Waals surface area contributed by atoms with Crippen LogP contribution < -0.4 is 11.1 Å². The largest absolute Gasteiger partial charge is 0.508 e. The van der Waals surface area contributed by atoms with Crippen LogP contribution in [0.15, 0.2) is 29.0 Å². The molecule has 6 atom stereocenters. The SMILES string of the molecule is CC(=S)Nc1ccc2c(c1O)C(O)=C1C(=O)[C@]3(O)C(O)=C(C(N)=O)C(=O)[C@@H](N(C)C)C3[C@@H](O)C1[C@H]2C. The lowest BCUT2D eigenvalue weighted by atomic mass is 9.54. The number of ketones is 2. The van der Waals surface area contributed by atoms with E-state index in [4.69, 9.17) is 18.0 Å². The zero-order valence-corrected chi connectivity index (χ0v) is 20.8. The number of Topliss-reactive ketones (excluding diaryl/α,β-unsaturated/α-hetero) is 2. The van der Waals surface area contributed by atoms with Gasteiger partial charge in [0, 0.05) is 11.5 Å². The van der Waals surface area contributed by atoms with Crippen LogP contribution in [0.3, 0.4) is 0 Å². The number of benzene rings is 1. The number of hydrogen-bond donors (Lipinski definition) is 7. The number of carbonyl (C=O) groups is 3. The van der Waals surface area contributed by atoms with E-state index in [9.17, 15) is 39.9 Å². The Balaban J connectivity index is 2.04. The minimum Gasteiger partial charge on any atom is -0.508 e. The van der Waals surface area contributed by atoms with Gasteiger partial charge in [-0.05, 0) is 38.6 Å². The first kappa shape index (κ1) is 25.8. The summed E-state index contributed by atoms with van der Waals surface area (Å²) in [6.07, 6.45) is -1.64. The molecule has 1 saturated carbocycles. The van der Waals surface area contributed by atoms with Crippen LogP contribution >= 0.6 is 12.2 Å². The molecule has 0 radical (unpaired) electrons. The summed E-state index contributed by atoms with van der Waals surface area (Å²) in [5.41, 5.74) is 1.41. The maximum Gasteiger partial charge on any atom is 0.255 e. The predicted molar refractivity (Wildman–Crippen MR) is 132 cm³/mol. The van der Waals surface area contributed by atoms with E-state index < -0.39 is 81.4 Å². The van der Waals surface area contributed by atoms with Crippen molar-refractivity contribution >= 4 is 46.1 Å². The molecule has 0 heterocycles. The highest BCUT2D eigenvalue weighted by Gasteiger charge is 2.68. The third-order valence-electron chi connectivity index (χ3n) is 7.44. The number of carbonyl (C=O) groups excluding carboxylic acids is 3. The number of hydrogen-bond acceptors (Lipinski definition) is 10. The van der Waals surface area contributed by atoms with Crippen molar-refractivity contribution in [1.29, 1.82) is 0 Å². The van der Waals surface area contributed by atoms with Crippen molar-refractivity contribution in [3.05, 3.63) is 40.2 Å². The average Bonchev–Trinajstić information content (AvgIpc) is 2.77. The summed E-state index contributed by atoms with van der Waals surface area (Å²) in [4.78, 5) is 40.7. The van der Waals surface area contributed by atoms with Crippen molar-refractivity contribution in [2.45, 2.75) is 37.5 Å². The van der Waals surface area contributed by atoms with Crippen LogP contribution in [0.4, 0.5) is 5.69 Å². The molecule has 2 unspecified atom stereocenters. The fourth-order valence-corrected chi connectivity index (χ4v) is 6.02. The van der Waals surface area contributed by atoms with Crippen LogP contribution in [-0.4, -0.2) is 84.7 Å². The lowest BCUT2D eigenvalue weighted by molar-refractivity contribution is -0.169. The highest BCUT2D eigenvalue weighted by atomic mass is 32.1. The molecule has 0 aliphatic heterocycles. The van der Waals surface area contributed by atoms with E-state index in [2.05, 4.69) is 5.32 Å². The smallest absolute Gasteiger partial charge is 0.255 e. The van der Waals surface area contributed by atoms with Gasteiger partial charge in [-0.15, -0.1) is 0 Å². The molecule has 1 amide bonds. The molecule has 3 aliphatic carbocycles. The fraction of sp³-hybridized carbons (Fsp3) is 0.417. The molecule has 4 rings (SSSR count). The number of anilines is 1. The minimum absolute atomic E-state index is 0.104. The van der Waals surface area contributed by atoms with Crippen LogP contribution in [0, 0.1) is 11.8 Å². The molecular formula is C24H27N3O8S. The van der Waals surface area contributed by atoms with Crippen molar-refractivity contribution in [2.75, 3.05) is 19.4 Å². The molecule has 0 saturated heterocycles. The summed E-state index contributed by atoms with van der Waals surface area (Å²) in [6, 6.07) is 1.74. The molecule has 0 spiro atoms. The second-order valence-corrected chi connectivity index (χ2v) is 10.3. The molecule has 8 N–H and O–H groups in total. The summed E-state index contributed by atoms with van der Waals surface area (Å²) < 4.78 is 0. The molecule has 1 fully saturated rings. The van der Waals surface area contributed by atoms with Crippen molar-refractivity contribution in [3.8, 4) is 5.75 Å². The van der Waals surface area contributed by atoms with Gasteiger partial charge in [-0.25, -0.2) is 0 Å². The highest BCUT2D eigenvalue weighted by Crippen LogP contribution is 2.56. The van der Waals surface area contributed by atoms with Crippen LogP contribution in [-0.2, 0) is 14.4 Å². The van der Waals surface area contributed by atoms with E-state index in [1.165, 1.54) is 25.1 Å². The third kappa shape index (κ3) is 3.22. The van der Waals surface area contributed by atoms with Crippen molar-refractivity contribution in [2.24, 2.45) is 17.6 Å². The molecule has 192 valence electrons. The summed E-state index contributed by atoms with van der Waals surface area (Å²) in [5, 5.41) is 59.0. The molecule has 0 bridgehead atoms. The molecule has 0 aromatic heterocycles. The number of aromatic hydroxyl groups is 1. The second-order valence-electron chi connectivity index (χ2n) is 9.66. The Morgan fingerprint density at radius 2 is 1.81 bits per heavy atom. The molecule has 11 nitrogen and oxygen atoms in total. The Labute approximate surface area is 211 Å². The zero-order chi connectivity index (χ0) is 27.0. The lowest BCUT2D eigenvalue weighted by Crippen LogP contribution is -2.70. The maximum atomic E-state index is 13.9. The van der Waals surface area contributed by atoms with Gasteiger partial charge in [-0.1, -0.05) is 25.2 Å². The molecule has 1 aromatic carbocycles. The number of primary amides is 1. The van der Waals surface area contributed by atoms with Gasteiger partial charge in [-0.2, -0.15) is 0 Å². The van der Waals surface area contributed by atoms with Gasteiger partial charge in [-0.3, -0.25) is 19.3 Å². The van der Waals surface area contributed by atoms with Crippen LogP contribution in [0.5, 0.6) is 5.75 Å². The van der Waals surface area contributed by atoms with Gasteiger partial charge < -0.3 is 36.6 Å². The first-order valence-electron chi connectivity index (χ1n) is 11.1. The number of thiocarbonyl (C=S) groups is 1. The van der Waals surface area contributed by atoms with Gasteiger partial charge in [0.2, 0.25) is 5.78 Å². The molecule has 1 aromatic rings. The number of phenols is 1. The highest BCUT2D eigenvalue weighted by molar-refractivity contribution is 7.80. The van der Waals surface area contributed by atoms with Gasteiger partial charge >= 0.3 is 0 Å². The third-order valence-corrected chi connectivity index (χ3v) is 7.54. The lowest BCUT2D eigenvalue weighted by Gasteiger charge is -2.53. The number of nitrogens with two attached hydrogens (primary N) is 1. The number of phenolic OH excluding ortho intramolecular Hbond substituents is 1. The number of rotatable bonds is 3. The number of likely N-dealkylation sites (N-methyl/N-ethyl adjacent to an activating group) is 1. The van der Waals surface area contributed by atoms with E-state index in [0.29, 0.717) is 10.6 Å². The number of nitrogens with one attached hydrogen (secondary N) is 1. The topological polar surface area (TPSA) is 194 Å². The minimum atomic E-state index is -2.94. The molecular weight excluding hydrogens is 490 g/mol. The Morgan fingerprint density at radius 1 is 1.19 bits per heavy atom. The maximum absolute atomic E-state index is 13.9. The number of amides is 1. The number of aliphatic hydroxyl groups is 4. The van der Waals surface area contributed by atoms with Gasteiger partial charge in [0.25, 0.3) is 5.91 Å². The fourth-order valence-electron chi connectivity index (χ4n) is 5.91. The Bertz CT molecular complexity index is 1300. The summed E-state index contributed by atoms with van der Waals surface area (Å²) >= 11 is 5.02. The molecule has 36 heavy (non-hydrogen) atoms. The van der Waals surface area contributed by atoms with Crippen LogP contribution in [0.2, 0.25) is 0 Å². The standard InChI is InChI=1S/C24H27N3O8S/c1-7-9-5-6-10(26-8(2)36)17(28)12(9)18(29)13-11(7)19(30)15-16(27(3)4)20(31)14(23(25)34)22(33)24(15,35)21(13)32/h5-7,11,15-16,19,28-30,33,35H,1-4H3,(H2,25,34)(H,26,36)/t7-,11?,15?,16-,19-,24-/m0/s1. The van der Waals surface area contributed by atoms with E-state index >= 15 is 0 Å². The normalized spacial score (nSPS) is 31.7. The number of aliphatic hydroxyl groups excluding tert-OH is 3. The zero-order valence-electron chi connectivity index (χ0n) is 19.9. The quantitative estimate of drug-likeness (QED) is 0.165. The number of nitrogens with zero attached hydrogens (tertiary/aromatic N) is 1. The van der Waals surface area contributed by atoms with Crippen molar-refractivity contribution < 1.29 is 39.9 Å². The molecule has 3 aliphatic rings. The predicted octanol–water partition coefficient (Wildman–Crippen LogP) is 0.255. The van der Waals surface area contributed by atoms with Gasteiger partial charge in [0.05, 0.1) is 34.3 Å². The number of fused-ring (bicyclic) bond motifs is 3. The Hall–Kier alpha value is -3.32. The Kier molecular flexibility index (Phi) is 5.99. The summed E-state index contributed by atoms with van der Waals surface area (Å²) in [5.74, 6) is -9.29. The van der Waals surface area contributed by atoms with Crippen molar-refractivity contribution in [3.63, 3.8) is 0 Å². The summed E-state index contributed by atoms with van der Waals surface area (Å²) in [6.45, 7) is 3.24. The van der Waals surface area contributed by atoms with E-state index in [1.807, 2.05) is 0 Å². The van der Waals surface area contributed by atoms with E-state index in [1.54, 1.807) is 19.9 Å². The second kappa shape index (κ2) is 8.37. The first-order valence-corrected chi connectivity index (χ1v) is 11.5. The monoisotopic (exact) mass is 517 g/mol. The average molecular weight is 518 g/mol. The van der Waals surface area contributed by atoms with E-state index in [-0.39, 0.29) is 11.3 Å². The van der Waals surface area contributed by atoms with Crippen LogP contribution in [0.25, 0.3) is 5.76 Å². The van der Waals surface area contributed by atoms with Gasteiger partial charge in [0.15, 0.2) is 11.4 Å². The van der Waals surface area contributed by atoms with Gasteiger partial charge in [0.1, 0.15) is 22.8 Å².